The Morgan fingerprint density at radius 1 is 0.727 bits per heavy atom. The van der Waals surface area contributed by atoms with Crippen molar-refractivity contribution in [3.05, 3.63) is 0 Å². The zero-order valence-corrected chi connectivity index (χ0v) is 6.48. The molecule has 0 rings (SSSR count). The fourth-order valence-corrected chi connectivity index (χ4v) is 0. The van der Waals surface area contributed by atoms with Gasteiger partial charge in [-0.2, -0.15) is 0 Å². The van der Waals surface area contributed by atoms with Crippen LogP contribution in [0.5, 0.6) is 0 Å². The van der Waals surface area contributed by atoms with Crippen molar-refractivity contribution < 1.29 is 52.5 Å². The Kier molecular flexibility index (Phi) is 456. The number of carboxylic acid groups (broad SMARTS) is 3. The van der Waals surface area contributed by atoms with Crippen molar-refractivity contribution in [2.24, 2.45) is 0 Å². The van der Waals surface area contributed by atoms with Gasteiger partial charge in [0, 0.05) is 17.4 Å². The van der Waals surface area contributed by atoms with Crippen molar-refractivity contribution >= 4 is 19.4 Å². The molecule has 0 saturated carbocycles. The van der Waals surface area contributed by atoms with Crippen LogP contribution in [0.15, 0.2) is 0 Å². The van der Waals surface area contributed by atoms with E-state index in [9.17, 15) is 0 Å². The van der Waals surface area contributed by atoms with Gasteiger partial charge in [-0.15, -0.1) is 0 Å². The average Bonchev–Trinajstić information content (AvgIpc) is 1.70. The maximum Gasteiger partial charge on any atom is 0.290 e. The van der Waals surface area contributed by atoms with E-state index < -0.39 is 0 Å². The predicted octanol–water partition coefficient (Wildman–Crippen LogP) is -1.72. The summed E-state index contributed by atoms with van der Waals surface area (Å²) in [5, 5.41) is 20.7. The van der Waals surface area contributed by atoms with E-state index in [1.165, 1.54) is 0 Å². The van der Waals surface area contributed by atoms with Gasteiger partial charge in [0.05, 0.1) is 0 Å². The average molecular weight is 208 g/mol. The summed E-state index contributed by atoms with van der Waals surface area (Å²) in [6.45, 7) is -0.750. The van der Waals surface area contributed by atoms with Crippen LogP contribution in [0.1, 0.15) is 0 Å². The van der Waals surface area contributed by atoms with E-state index in [1.54, 1.807) is 0 Å². The Morgan fingerprint density at radius 2 is 0.727 bits per heavy atom. The Bertz CT molecular complexity index is 50.4. The first-order chi connectivity index (χ1) is 4.24. The Labute approximate surface area is 72.7 Å². The van der Waals surface area contributed by atoms with Crippen LogP contribution in [0.2, 0.25) is 0 Å². The van der Waals surface area contributed by atoms with Gasteiger partial charge in [-0.05, 0) is 0 Å². The first-order valence-corrected chi connectivity index (χ1v) is 1.48. The van der Waals surface area contributed by atoms with Crippen LogP contribution < -0.4 is 0 Å². The van der Waals surface area contributed by atoms with Crippen molar-refractivity contribution in [3.8, 4) is 0 Å². The molecule has 0 spiro atoms. The molecule has 5 N–H and O–H groups in total. The topological polar surface area (TPSA) is 143 Å². The summed E-state index contributed by atoms with van der Waals surface area (Å²) in [6.07, 6.45) is 0. The first-order valence-electron chi connectivity index (χ1n) is 1.48. The van der Waals surface area contributed by atoms with Crippen molar-refractivity contribution in [1.82, 2.24) is 0 Å². The van der Waals surface area contributed by atoms with E-state index in [-0.39, 0.29) is 42.3 Å². The molecule has 0 bridgehead atoms. The molecule has 0 aromatic heterocycles. The molecule has 0 amide bonds. The molecule has 0 aromatic rings. The van der Waals surface area contributed by atoms with Crippen LogP contribution in [0.4, 0.5) is 0 Å². The van der Waals surface area contributed by atoms with Crippen LogP contribution in [0, 0.1) is 0 Å². The molecular weight excluding hydrogens is 200 g/mol. The minimum Gasteiger partial charge on any atom is -0.483 e. The van der Waals surface area contributed by atoms with Crippen LogP contribution in [0.3, 0.4) is 0 Å². The predicted molar refractivity (Wildman–Crippen MR) is 29.7 cm³/mol. The van der Waals surface area contributed by atoms with E-state index >= 15 is 0 Å². The second kappa shape index (κ2) is 154. The molecule has 0 heterocycles. The molecule has 0 aromatic carbocycles. The fourth-order valence-electron chi connectivity index (χ4n) is 0. The summed E-state index contributed by atoms with van der Waals surface area (Å²) >= 11 is 0. The molecule has 0 aliphatic rings. The Hall–Kier alpha value is -1.10. The minimum atomic E-state index is -0.250. The normalized spacial score (nSPS) is 3.27. The number of rotatable bonds is 0. The second-order valence-corrected chi connectivity index (χ2v) is 0.316. The molecule has 68 valence electrons. The number of hydrogen-bond donors (Lipinski definition) is 3. The molecule has 0 unspecified atom stereocenters. The monoisotopic (exact) mass is 208 g/mol. The second-order valence-electron chi connectivity index (χ2n) is 0.316. The van der Waals surface area contributed by atoms with Gasteiger partial charge in [0.15, 0.2) is 0 Å². The van der Waals surface area contributed by atoms with Crippen molar-refractivity contribution in [1.29, 1.82) is 0 Å². The van der Waals surface area contributed by atoms with Gasteiger partial charge in [0.2, 0.25) is 0 Å². The molecule has 0 fully saturated rings. The minimum absolute atomic E-state index is 0. The molecule has 0 aliphatic carbocycles. The molecule has 0 aliphatic heterocycles. The van der Waals surface area contributed by atoms with Crippen molar-refractivity contribution in [2.45, 2.75) is 0 Å². The third-order valence-electron chi connectivity index (χ3n) is 0. The third kappa shape index (κ3) is 352. The summed E-state index contributed by atoms with van der Waals surface area (Å²) in [4.78, 5) is 25.1. The molecule has 11 heavy (non-hydrogen) atoms. The van der Waals surface area contributed by atoms with Gasteiger partial charge >= 0.3 is 0 Å². The zero-order valence-electron chi connectivity index (χ0n) is 5.21. The van der Waals surface area contributed by atoms with Crippen molar-refractivity contribution in [3.63, 3.8) is 0 Å². The molecule has 8 heteroatoms. The summed E-state index contributed by atoms with van der Waals surface area (Å²) in [5.74, 6) is 0. The summed E-state index contributed by atoms with van der Waals surface area (Å²) in [7, 11) is 0. The third-order valence-corrected chi connectivity index (χ3v) is 0. The van der Waals surface area contributed by atoms with Crippen LogP contribution >= 0.6 is 0 Å². The SMILES string of the molecule is O.O=CO.O=CO.O=CO.[Cr]. The van der Waals surface area contributed by atoms with Gasteiger partial charge in [0.25, 0.3) is 19.4 Å². The zero-order chi connectivity index (χ0) is 8.12. The Balaban J connectivity index is -0.0000000150. The van der Waals surface area contributed by atoms with Crippen molar-refractivity contribution in [2.75, 3.05) is 0 Å². The van der Waals surface area contributed by atoms with E-state index in [0.717, 1.165) is 0 Å². The summed E-state index contributed by atoms with van der Waals surface area (Å²) < 4.78 is 0. The maximum atomic E-state index is 8.36. The first kappa shape index (κ1) is 32.7. The number of hydrogen-bond acceptors (Lipinski definition) is 3. The molecule has 0 saturated heterocycles. The smallest absolute Gasteiger partial charge is 0.290 e. The van der Waals surface area contributed by atoms with Crippen LogP contribution in [-0.2, 0) is 31.7 Å². The number of carbonyl (C=O) groups is 3. The van der Waals surface area contributed by atoms with Gasteiger partial charge in [-0.25, -0.2) is 0 Å². The standard InChI is InChI=1S/3CH2O2.Cr.H2O/c3*2-1-3;;/h3*1H,(H,2,3);;1H2. The van der Waals surface area contributed by atoms with Gasteiger partial charge in [-0.1, -0.05) is 0 Å². The van der Waals surface area contributed by atoms with E-state index in [2.05, 4.69) is 0 Å². The van der Waals surface area contributed by atoms with Gasteiger partial charge < -0.3 is 20.8 Å². The fraction of sp³-hybridized carbons (Fsp3) is 0. The largest absolute Gasteiger partial charge is 0.483 e. The molecule has 0 atom stereocenters. The van der Waals surface area contributed by atoms with E-state index in [4.69, 9.17) is 29.7 Å². The molecular formula is C3H8CrO7. The van der Waals surface area contributed by atoms with Gasteiger partial charge in [-0.3, -0.25) is 14.4 Å². The quantitative estimate of drug-likeness (QED) is 0.403. The van der Waals surface area contributed by atoms with Crippen LogP contribution in [-0.4, -0.2) is 40.2 Å². The molecule has 7 nitrogen and oxygen atoms in total. The van der Waals surface area contributed by atoms with Crippen LogP contribution in [0.25, 0.3) is 0 Å². The van der Waals surface area contributed by atoms with E-state index in [1.807, 2.05) is 0 Å². The molecule has 0 radical (unpaired) electrons. The Morgan fingerprint density at radius 3 is 0.727 bits per heavy atom. The summed E-state index contributed by atoms with van der Waals surface area (Å²) in [5.41, 5.74) is 0. The maximum absolute atomic E-state index is 8.36. The van der Waals surface area contributed by atoms with E-state index in [0.29, 0.717) is 0 Å². The summed E-state index contributed by atoms with van der Waals surface area (Å²) in [6, 6.07) is 0. The van der Waals surface area contributed by atoms with Gasteiger partial charge in [0.1, 0.15) is 0 Å².